The molecule has 0 saturated carbocycles. The van der Waals surface area contributed by atoms with Crippen molar-refractivity contribution in [1.29, 1.82) is 0 Å². The number of carbonyl (C=O) groups is 1. The minimum atomic E-state index is -0.423. The van der Waals surface area contributed by atoms with E-state index in [1.165, 1.54) is 10.6 Å². The normalized spacial score (nSPS) is 10.5. The van der Waals surface area contributed by atoms with Gasteiger partial charge in [-0.3, -0.25) is 9.59 Å². The Labute approximate surface area is 150 Å². The van der Waals surface area contributed by atoms with Crippen LogP contribution in [0, 0.1) is 6.92 Å². The fourth-order valence-electron chi connectivity index (χ4n) is 2.55. The van der Waals surface area contributed by atoms with Crippen LogP contribution in [-0.2, 0) is 6.54 Å². The second-order valence-electron chi connectivity index (χ2n) is 5.72. The van der Waals surface area contributed by atoms with Crippen LogP contribution in [0.15, 0.2) is 71.7 Å². The number of halogens is 1. The number of rotatable bonds is 4. The Kier molecular flexibility index (Phi) is 5.00. The van der Waals surface area contributed by atoms with Gasteiger partial charge in [-0.2, -0.15) is 0 Å². The molecule has 4 nitrogen and oxygen atoms in total. The maximum absolute atomic E-state index is 12.7. The number of benzene rings is 2. The molecule has 0 saturated heterocycles. The average molecular weight is 353 g/mol. The van der Waals surface area contributed by atoms with Crippen molar-refractivity contribution in [3.63, 3.8) is 0 Å². The topological polar surface area (TPSA) is 51.1 Å². The number of pyridine rings is 1. The summed E-state index contributed by atoms with van der Waals surface area (Å²) in [6.45, 7) is 2.21. The molecule has 0 aliphatic carbocycles. The van der Waals surface area contributed by atoms with E-state index in [9.17, 15) is 9.59 Å². The Morgan fingerprint density at radius 1 is 1.04 bits per heavy atom. The van der Waals surface area contributed by atoms with Crippen LogP contribution in [0.3, 0.4) is 0 Å². The zero-order valence-corrected chi connectivity index (χ0v) is 14.5. The number of para-hydroxylation sites is 1. The molecule has 0 aliphatic heterocycles. The van der Waals surface area contributed by atoms with Gasteiger partial charge in [0.05, 0.1) is 6.54 Å². The zero-order valence-electron chi connectivity index (χ0n) is 13.7. The summed E-state index contributed by atoms with van der Waals surface area (Å²) in [5.41, 5.74) is 2.19. The molecular formula is C20H17ClN2O2. The zero-order chi connectivity index (χ0) is 17.8. The molecule has 1 amide bonds. The number of aryl methyl sites for hydroxylation is 1. The van der Waals surface area contributed by atoms with Crippen molar-refractivity contribution in [2.75, 3.05) is 5.32 Å². The van der Waals surface area contributed by atoms with Gasteiger partial charge >= 0.3 is 0 Å². The molecular weight excluding hydrogens is 336 g/mol. The number of nitrogens with one attached hydrogen (secondary N) is 1. The number of amides is 1. The second kappa shape index (κ2) is 7.36. The van der Waals surface area contributed by atoms with Gasteiger partial charge in [0.15, 0.2) is 0 Å². The van der Waals surface area contributed by atoms with Crippen molar-refractivity contribution in [1.82, 2.24) is 4.57 Å². The monoisotopic (exact) mass is 352 g/mol. The van der Waals surface area contributed by atoms with Crippen LogP contribution in [0.1, 0.15) is 21.5 Å². The van der Waals surface area contributed by atoms with Crippen molar-refractivity contribution in [3.8, 4) is 0 Å². The van der Waals surface area contributed by atoms with Gasteiger partial charge in [0.25, 0.3) is 11.5 Å². The van der Waals surface area contributed by atoms with Crippen LogP contribution < -0.4 is 10.9 Å². The Morgan fingerprint density at radius 2 is 1.76 bits per heavy atom. The molecule has 126 valence electrons. The minimum absolute atomic E-state index is 0.0952. The highest BCUT2D eigenvalue weighted by Gasteiger charge is 2.13. The third-order valence-electron chi connectivity index (χ3n) is 3.96. The summed E-state index contributed by atoms with van der Waals surface area (Å²) in [7, 11) is 0. The van der Waals surface area contributed by atoms with E-state index in [0.29, 0.717) is 17.3 Å². The van der Waals surface area contributed by atoms with E-state index in [4.69, 9.17) is 11.6 Å². The van der Waals surface area contributed by atoms with E-state index in [1.54, 1.807) is 24.4 Å². The predicted molar refractivity (Wildman–Crippen MR) is 100 cm³/mol. The summed E-state index contributed by atoms with van der Waals surface area (Å²) in [5, 5.41) is 3.38. The van der Waals surface area contributed by atoms with E-state index in [2.05, 4.69) is 5.32 Å². The molecule has 1 heterocycles. The first kappa shape index (κ1) is 17.0. The average Bonchev–Trinajstić information content (AvgIpc) is 2.60. The molecule has 0 radical (unpaired) electrons. The largest absolute Gasteiger partial charge is 0.322 e. The number of hydrogen-bond acceptors (Lipinski definition) is 2. The number of aromatic nitrogens is 1. The molecule has 1 N–H and O–H groups in total. The SMILES string of the molecule is Cc1ccccc1NC(=O)c1cccn(Cc2ccccc2Cl)c1=O. The van der Waals surface area contributed by atoms with Gasteiger partial charge in [-0.15, -0.1) is 0 Å². The van der Waals surface area contributed by atoms with Crippen molar-refractivity contribution in [2.24, 2.45) is 0 Å². The summed E-state index contributed by atoms with van der Waals surface area (Å²) in [4.78, 5) is 25.2. The summed E-state index contributed by atoms with van der Waals surface area (Å²) in [6.07, 6.45) is 1.65. The van der Waals surface area contributed by atoms with E-state index in [-0.39, 0.29) is 11.1 Å². The third-order valence-corrected chi connectivity index (χ3v) is 4.33. The number of hydrogen-bond donors (Lipinski definition) is 1. The summed E-state index contributed by atoms with van der Waals surface area (Å²) >= 11 is 6.16. The highest BCUT2D eigenvalue weighted by molar-refractivity contribution is 6.31. The predicted octanol–water partition coefficient (Wildman–Crippen LogP) is 4.11. The lowest BCUT2D eigenvalue weighted by Gasteiger charge is -2.11. The number of anilines is 1. The lowest BCUT2D eigenvalue weighted by atomic mass is 10.2. The van der Waals surface area contributed by atoms with Gasteiger partial charge in [-0.1, -0.05) is 48.0 Å². The second-order valence-corrected chi connectivity index (χ2v) is 6.12. The Hall–Kier alpha value is -2.85. The lowest BCUT2D eigenvalue weighted by molar-refractivity contribution is 0.102. The molecule has 25 heavy (non-hydrogen) atoms. The van der Waals surface area contributed by atoms with Gasteiger partial charge in [0.1, 0.15) is 5.56 Å². The third kappa shape index (κ3) is 3.80. The van der Waals surface area contributed by atoms with Crippen molar-refractivity contribution >= 4 is 23.2 Å². The fourth-order valence-corrected chi connectivity index (χ4v) is 2.74. The lowest BCUT2D eigenvalue weighted by Crippen LogP contribution is -2.29. The maximum Gasteiger partial charge on any atom is 0.263 e. The standard InChI is InChI=1S/C20H17ClN2O2/c1-14-7-2-5-11-18(14)22-19(24)16-9-6-12-23(20(16)25)13-15-8-3-4-10-17(15)21/h2-12H,13H2,1H3,(H,22,24). The van der Waals surface area contributed by atoms with E-state index in [1.807, 2.05) is 43.3 Å². The van der Waals surface area contributed by atoms with Crippen LogP contribution in [0.2, 0.25) is 5.02 Å². The molecule has 0 atom stereocenters. The van der Waals surface area contributed by atoms with Gasteiger partial charge in [0.2, 0.25) is 0 Å². The van der Waals surface area contributed by atoms with Gasteiger partial charge in [-0.05, 0) is 42.3 Å². The first-order chi connectivity index (χ1) is 12.1. The Bertz CT molecular complexity index is 979. The molecule has 0 unspecified atom stereocenters. The Balaban J connectivity index is 1.88. The summed E-state index contributed by atoms with van der Waals surface area (Å²) in [5.74, 6) is -0.423. The molecule has 1 aromatic heterocycles. The first-order valence-corrected chi connectivity index (χ1v) is 8.24. The highest BCUT2D eigenvalue weighted by Crippen LogP contribution is 2.16. The molecule has 0 fully saturated rings. The maximum atomic E-state index is 12.7. The number of nitrogens with zero attached hydrogens (tertiary/aromatic N) is 1. The van der Waals surface area contributed by atoms with Crippen molar-refractivity contribution < 1.29 is 4.79 Å². The molecule has 2 aromatic carbocycles. The van der Waals surface area contributed by atoms with Gasteiger partial charge < -0.3 is 9.88 Å². The van der Waals surface area contributed by atoms with Gasteiger partial charge in [-0.25, -0.2) is 0 Å². The quantitative estimate of drug-likeness (QED) is 0.768. The molecule has 3 aromatic rings. The molecule has 3 rings (SSSR count). The minimum Gasteiger partial charge on any atom is -0.322 e. The van der Waals surface area contributed by atoms with E-state index < -0.39 is 5.91 Å². The van der Waals surface area contributed by atoms with E-state index >= 15 is 0 Å². The van der Waals surface area contributed by atoms with Crippen LogP contribution >= 0.6 is 11.6 Å². The van der Waals surface area contributed by atoms with Crippen LogP contribution in [-0.4, -0.2) is 10.5 Å². The first-order valence-electron chi connectivity index (χ1n) is 7.86. The van der Waals surface area contributed by atoms with Gasteiger partial charge in [0, 0.05) is 16.9 Å². The van der Waals surface area contributed by atoms with Crippen LogP contribution in [0.4, 0.5) is 5.69 Å². The molecule has 0 bridgehead atoms. The van der Waals surface area contributed by atoms with Crippen molar-refractivity contribution in [2.45, 2.75) is 13.5 Å². The Morgan fingerprint density at radius 3 is 2.52 bits per heavy atom. The number of carbonyl (C=O) groups excluding carboxylic acids is 1. The molecule has 0 spiro atoms. The fraction of sp³-hybridized carbons (Fsp3) is 0.100. The summed E-state index contributed by atoms with van der Waals surface area (Å²) in [6, 6.07) is 18.0. The van der Waals surface area contributed by atoms with Crippen LogP contribution in [0.25, 0.3) is 0 Å². The smallest absolute Gasteiger partial charge is 0.263 e. The molecule has 0 aliphatic rings. The van der Waals surface area contributed by atoms with Crippen LogP contribution in [0.5, 0.6) is 0 Å². The summed E-state index contributed by atoms with van der Waals surface area (Å²) < 4.78 is 1.48. The van der Waals surface area contributed by atoms with E-state index in [0.717, 1.165) is 11.1 Å². The molecule has 5 heteroatoms. The highest BCUT2D eigenvalue weighted by atomic mass is 35.5. The van der Waals surface area contributed by atoms with Crippen molar-refractivity contribution in [3.05, 3.63) is 98.9 Å².